The molecule has 18 heavy (non-hydrogen) atoms. The molecular weight excluding hydrogens is 238 g/mol. The normalized spacial score (nSPS) is 22.9. The lowest BCUT2D eigenvalue weighted by Gasteiger charge is -2.18. The molecule has 0 aliphatic carbocycles. The summed E-state index contributed by atoms with van der Waals surface area (Å²) in [6, 6.07) is -0.189. The van der Waals surface area contributed by atoms with Crippen molar-refractivity contribution in [3.63, 3.8) is 0 Å². The third-order valence-corrected chi connectivity index (χ3v) is 2.63. The van der Waals surface area contributed by atoms with Crippen LogP contribution in [0.3, 0.4) is 0 Å². The third kappa shape index (κ3) is 2.93. The number of hydrogen-bond acceptors (Lipinski definition) is 5. The first-order chi connectivity index (χ1) is 8.70. The molecule has 1 amide bonds. The van der Waals surface area contributed by atoms with Gasteiger partial charge >= 0.3 is 0 Å². The van der Waals surface area contributed by atoms with Crippen LogP contribution in [0.15, 0.2) is 17.2 Å². The minimum atomic E-state index is -0.355. The summed E-state index contributed by atoms with van der Waals surface area (Å²) in [6.45, 7) is 3.34. The van der Waals surface area contributed by atoms with Crippen LogP contribution in [0, 0.1) is 0 Å². The molecule has 1 aromatic rings. The predicted molar refractivity (Wildman–Crippen MR) is 62.3 cm³/mol. The first-order valence-corrected chi connectivity index (χ1v) is 5.75. The second-order valence-corrected chi connectivity index (χ2v) is 3.91. The van der Waals surface area contributed by atoms with Gasteiger partial charge in [-0.05, 0) is 6.92 Å². The van der Waals surface area contributed by atoms with Crippen LogP contribution < -0.4 is 10.9 Å². The number of rotatable bonds is 4. The fourth-order valence-corrected chi connectivity index (χ4v) is 1.76. The lowest BCUT2D eigenvalue weighted by atomic mass is 10.2. The van der Waals surface area contributed by atoms with Gasteiger partial charge in [0.1, 0.15) is 11.8 Å². The van der Waals surface area contributed by atoms with Crippen molar-refractivity contribution in [2.24, 2.45) is 0 Å². The van der Waals surface area contributed by atoms with Crippen molar-refractivity contribution in [2.45, 2.75) is 19.1 Å². The van der Waals surface area contributed by atoms with E-state index in [2.05, 4.69) is 15.3 Å². The summed E-state index contributed by atoms with van der Waals surface area (Å²) in [5.74, 6) is -0.355. The first-order valence-electron chi connectivity index (χ1n) is 5.75. The number of amides is 1. The average Bonchev–Trinajstić information content (AvgIpc) is 2.78. The van der Waals surface area contributed by atoms with Gasteiger partial charge < -0.3 is 19.8 Å². The van der Waals surface area contributed by atoms with E-state index in [1.54, 1.807) is 0 Å². The number of aromatic nitrogens is 2. The van der Waals surface area contributed by atoms with Crippen molar-refractivity contribution >= 4 is 5.91 Å². The summed E-state index contributed by atoms with van der Waals surface area (Å²) < 4.78 is 10.7. The van der Waals surface area contributed by atoms with Crippen LogP contribution in [0.25, 0.3) is 0 Å². The van der Waals surface area contributed by atoms with E-state index < -0.39 is 0 Å². The number of H-pyrrole nitrogens is 1. The van der Waals surface area contributed by atoms with E-state index in [0.717, 1.165) is 6.20 Å². The van der Waals surface area contributed by atoms with E-state index in [0.29, 0.717) is 19.8 Å². The van der Waals surface area contributed by atoms with Crippen LogP contribution in [0.5, 0.6) is 0 Å². The maximum Gasteiger partial charge on any atom is 0.271 e. The molecule has 7 nitrogen and oxygen atoms in total. The monoisotopic (exact) mass is 253 g/mol. The van der Waals surface area contributed by atoms with E-state index in [-0.39, 0.29) is 29.3 Å². The lowest BCUT2D eigenvalue weighted by molar-refractivity contribution is 0.0402. The van der Waals surface area contributed by atoms with E-state index in [9.17, 15) is 9.59 Å². The molecular formula is C11H15N3O4. The third-order valence-electron chi connectivity index (χ3n) is 2.63. The SMILES string of the molecule is CCO[C@@H]1COC[C@H]1NC(=O)c1c[nH]c(=O)cn1. The summed E-state index contributed by atoms with van der Waals surface area (Å²) in [5.41, 5.74) is -0.181. The molecule has 2 atom stereocenters. The van der Waals surface area contributed by atoms with E-state index in [1.807, 2.05) is 6.92 Å². The van der Waals surface area contributed by atoms with Crippen molar-refractivity contribution in [1.82, 2.24) is 15.3 Å². The first kappa shape index (κ1) is 12.7. The molecule has 1 fully saturated rings. The highest BCUT2D eigenvalue weighted by Gasteiger charge is 2.30. The van der Waals surface area contributed by atoms with Crippen LogP contribution in [-0.4, -0.2) is 47.8 Å². The maximum atomic E-state index is 11.9. The Labute approximate surface area is 104 Å². The van der Waals surface area contributed by atoms with Crippen molar-refractivity contribution in [1.29, 1.82) is 0 Å². The molecule has 1 saturated heterocycles. The smallest absolute Gasteiger partial charge is 0.271 e. The van der Waals surface area contributed by atoms with Crippen molar-refractivity contribution in [3.8, 4) is 0 Å². The van der Waals surface area contributed by atoms with Gasteiger partial charge in [0, 0.05) is 12.8 Å². The number of nitrogens with zero attached hydrogens (tertiary/aromatic N) is 1. The topological polar surface area (TPSA) is 93.3 Å². The van der Waals surface area contributed by atoms with Crippen molar-refractivity contribution in [2.75, 3.05) is 19.8 Å². The molecule has 2 N–H and O–H groups in total. The fraction of sp³-hybridized carbons (Fsp3) is 0.545. The standard InChI is InChI=1S/C11H15N3O4/c1-2-18-9-6-17-5-8(9)14-11(16)7-3-13-10(15)4-12-7/h3-4,8-9H,2,5-6H2,1H3,(H,13,15)(H,14,16)/t8-,9-/m1/s1. The zero-order valence-electron chi connectivity index (χ0n) is 10.0. The van der Waals surface area contributed by atoms with Crippen LogP contribution in [0.1, 0.15) is 17.4 Å². The summed E-state index contributed by atoms with van der Waals surface area (Å²) >= 11 is 0. The quantitative estimate of drug-likeness (QED) is 0.740. The second-order valence-electron chi connectivity index (χ2n) is 3.91. The molecule has 0 bridgehead atoms. The highest BCUT2D eigenvalue weighted by molar-refractivity contribution is 5.92. The van der Waals surface area contributed by atoms with Gasteiger partial charge in [0.15, 0.2) is 0 Å². The Morgan fingerprint density at radius 2 is 2.50 bits per heavy atom. The molecule has 7 heteroatoms. The zero-order valence-corrected chi connectivity index (χ0v) is 10.0. The number of carbonyl (C=O) groups is 1. The Bertz CT molecular complexity index is 453. The van der Waals surface area contributed by atoms with Crippen molar-refractivity contribution in [3.05, 3.63) is 28.4 Å². The molecule has 1 aliphatic heterocycles. The van der Waals surface area contributed by atoms with Gasteiger partial charge in [0.25, 0.3) is 11.5 Å². The largest absolute Gasteiger partial charge is 0.376 e. The highest BCUT2D eigenvalue weighted by atomic mass is 16.5. The number of ether oxygens (including phenoxy) is 2. The van der Waals surface area contributed by atoms with E-state index in [4.69, 9.17) is 9.47 Å². The summed E-state index contributed by atoms with van der Waals surface area (Å²) in [4.78, 5) is 28.8. The van der Waals surface area contributed by atoms with Gasteiger partial charge in [-0.2, -0.15) is 0 Å². The Kier molecular flexibility index (Phi) is 4.06. The van der Waals surface area contributed by atoms with E-state index >= 15 is 0 Å². The summed E-state index contributed by atoms with van der Waals surface area (Å²) in [5, 5.41) is 2.78. The Morgan fingerprint density at radius 3 is 3.17 bits per heavy atom. The Hall–Kier alpha value is -1.73. The van der Waals surface area contributed by atoms with Gasteiger partial charge in [-0.3, -0.25) is 9.59 Å². The van der Waals surface area contributed by atoms with Gasteiger partial charge in [-0.25, -0.2) is 4.98 Å². The second kappa shape index (κ2) is 5.74. The van der Waals surface area contributed by atoms with Crippen LogP contribution >= 0.6 is 0 Å². The number of aromatic amines is 1. The summed E-state index contributed by atoms with van der Waals surface area (Å²) in [7, 11) is 0. The van der Waals surface area contributed by atoms with E-state index in [1.165, 1.54) is 6.20 Å². The van der Waals surface area contributed by atoms with Gasteiger partial charge in [-0.15, -0.1) is 0 Å². The molecule has 1 aromatic heterocycles. The van der Waals surface area contributed by atoms with Crippen LogP contribution in [-0.2, 0) is 9.47 Å². The molecule has 0 aromatic carbocycles. The van der Waals surface area contributed by atoms with Crippen LogP contribution in [0.4, 0.5) is 0 Å². The molecule has 2 rings (SSSR count). The maximum absolute atomic E-state index is 11.9. The molecule has 0 spiro atoms. The summed E-state index contributed by atoms with van der Waals surface area (Å²) in [6.07, 6.45) is 2.21. The van der Waals surface area contributed by atoms with Gasteiger partial charge in [0.05, 0.1) is 25.5 Å². The minimum absolute atomic E-state index is 0.137. The molecule has 0 radical (unpaired) electrons. The Balaban J connectivity index is 1.98. The number of nitrogens with one attached hydrogen (secondary N) is 2. The molecule has 1 aliphatic rings. The van der Waals surface area contributed by atoms with Gasteiger partial charge in [-0.1, -0.05) is 0 Å². The minimum Gasteiger partial charge on any atom is -0.376 e. The predicted octanol–water partition coefficient (Wildman–Crippen LogP) is -0.696. The van der Waals surface area contributed by atoms with Gasteiger partial charge in [0.2, 0.25) is 0 Å². The fourth-order valence-electron chi connectivity index (χ4n) is 1.76. The average molecular weight is 253 g/mol. The Morgan fingerprint density at radius 1 is 1.67 bits per heavy atom. The van der Waals surface area contributed by atoms with Crippen LogP contribution in [0.2, 0.25) is 0 Å². The molecule has 2 heterocycles. The lowest BCUT2D eigenvalue weighted by Crippen LogP contribution is -2.44. The zero-order chi connectivity index (χ0) is 13.0. The van der Waals surface area contributed by atoms with Crippen molar-refractivity contribution < 1.29 is 14.3 Å². The molecule has 0 unspecified atom stereocenters. The molecule has 98 valence electrons. The molecule has 0 saturated carbocycles. The number of hydrogen-bond donors (Lipinski definition) is 2. The highest BCUT2D eigenvalue weighted by Crippen LogP contribution is 2.10. The number of carbonyl (C=O) groups excluding carboxylic acids is 1.